The van der Waals surface area contributed by atoms with E-state index in [1.54, 1.807) is 0 Å². The molecule has 1 aromatic carbocycles. The molecule has 1 fully saturated rings. The van der Waals surface area contributed by atoms with Crippen LogP contribution in [0.1, 0.15) is 18.4 Å². The standard InChI is InChI=1S/C13H18ClN3O/c14-12-6-2-1-4-10(12)8-16-13(18)17-9-11-5-3-7-15-11/h1-2,4,6,11,15H,3,5,7-9H2,(H2,16,17,18). The first-order chi connectivity index (χ1) is 8.75. The van der Waals surface area contributed by atoms with Gasteiger partial charge in [-0.15, -0.1) is 0 Å². The molecule has 1 heterocycles. The van der Waals surface area contributed by atoms with Crippen molar-refractivity contribution in [1.29, 1.82) is 0 Å². The quantitative estimate of drug-likeness (QED) is 0.780. The molecule has 1 atom stereocenters. The topological polar surface area (TPSA) is 53.2 Å². The van der Waals surface area contributed by atoms with Crippen molar-refractivity contribution in [1.82, 2.24) is 16.0 Å². The van der Waals surface area contributed by atoms with Crippen molar-refractivity contribution in [2.75, 3.05) is 13.1 Å². The highest BCUT2D eigenvalue weighted by Gasteiger charge is 2.14. The lowest BCUT2D eigenvalue weighted by molar-refractivity contribution is 0.239. The van der Waals surface area contributed by atoms with Gasteiger partial charge in [0.25, 0.3) is 0 Å². The third-order valence-corrected chi connectivity index (χ3v) is 3.44. The van der Waals surface area contributed by atoms with Crippen LogP contribution in [-0.2, 0) is 6.54 Å². The SMILES string of the molecule is O=C(NCc1ccccc1Cl)NCC1CCCN1. The third-order valence-electron chi connectivity index (χ3n) is 3.07. The molecule has 1 saturated heterocycles. The fourth-order valence-corrected chi connectivity index (χ4v) is 2.23. The monoisotopic (exact) mass is 267 g/mol. The minimum Gasteiger partial charge on any atom is -0.337 e. The van der Waals surface area contributed by atoms with Crippen LogP contribution in [0, 0.1) is 0 Å². The van der Waals surface area contributed by atoms with Crippen LogP contribution in [0.3, 0.4) is 0 Å². The van der Waals surface area contributed by atoms with Crippen LogP contribution in [0.5, 0.6) is 0 Å². The highest BCUT2D eigenvalue weighted by atomic mass is 35.5. The number of amides is 2. The molecule has 3 N–H and O–H groups in total. The van der Waals surface area contributed by atoms with Crippen molar-refractivity contribution in [3.63, 3.8) is 0 Å². The Hall–Kier alpha value is -1.26. The van der Waals surface area contributed by atoms with Gasteiger partial charge >= 0.3 is 6.03 Å². The molecule has 0 saturated carbocycles. The van der Waals surface area contributed by atoms with Gasteiger partial charge in [0.1, 0.15) is 0 Å². The lowest BCUT2D eigenvalue weighted by atomic mass is 10.2. The van der Waals surface area contributed by atoms with E-state index in [1.807, 2.05) is 24.3 Å². The summed E-state index contributed by atoms with van der Waals surface area (Å²) >= 11 is 6.01. The number of hydrogen-bond acceptors (Lipinski definition) is 2. The molecule has 2 rings (SSSR count). The summed E-state index contributed by atoms with van der Waals surface area (Å²) in [6, 6.07) is 7.76. The Labute approximate surface area is 112 Å². The van der Waals surface area contributed by atoms with Gasteiger partial charge in [-0.25, -0.2) is 4.79 Å². The summed E-state index contributed by atoms with van der Waals surface area (Å²) < 4.78 is 0. The number of rotatable bonds is 4. The molecule has 2 amide bonds. The molecule has 0 aliphatic carbocycles. The van der Waals surface area contributed by atoms with Gasteiger partial charge < -0.3 is 16.0 Å². The number of halogens is 1. The molecule has 0 radical (unpaired) electrons. The molecule has 0 bridgehead atoms. The van der Waals surface area contributed by atoms with Crippen molar-refractivity contribution < 1.29 is 4.79 Å². The normalized spacial score (nSPS) is 18.6. The smallest absolute Gasteiger partial charge is 0.315 e. The fourth-order valence-electron chi connectivity index (χ4n) is 2.03. The van der Waals surface area contributed by atoms with E-state index in [0.717, 1.165) is 18.5 Å². The Bertz CT molecular complexity index is 405. The summed E-state index contributed by atoms with van der Waals surface area (Å²) in [4.78, 5) is 11.6. The first-order valence-electron chi connectivity index (χ1n) is 6.24. The van der Waals surface area contributed by atoms with Crippen LogP contribution in [-0.4, -0.2) is 25.2 Å². The summed E-state index contributed by atoms with van der Waals surface area (Å²) in [5.74, 6) is 0. The Morgan fingerprint density at radius 2 is 2.22 bits per heavy atom. The van der Waals surface area contributed by atoms with E-state index in [0.29, 0.717) is 24.2 Å². The van der Waals surface area contributed by atoms with Crippen LogP contribution in [0.4, 0.5) is 4.79 Å². The first kappa shape index (κ1) is 13.2. The van der Waals surface area contributed by atoms with Gasteiger partial charge in [-0.05, 0) is 31.0 Å². The van der Waals surface area contributed by atoms with E-state index in [-0.39, 0.29) is 6.03 Å². The number of urea groups is 1. The molecule has 0 aromatic heterocycles. The number of benzene rings is 1. The number of carbonyl (C=O) groups is 1. The van der Waals surface area contributed by atoms with Crippen molar-refractivity contribution in [2.45, 2.75) is 25.4 Å². The summed E-state index contributed by atoms with van der Waals surface area (Å²) in [6.45, 7) is 2.17. The molecule has 5 heteroatoms. The van der Waals surface area contributed by atoms with E-state index in [9.17, 15) is 4.79 Å². The van der Waals surface area contributed by atoms with Gasteiger partial charge in [-0.1, -0.05) is 29.8 Å². The maximum atomic E-state index is 11.6. The van der Waals surface area contributed by atoms with Crippen molar-refractivity contribution in [2.24, 2.45) is 0 Å². The second kappa shape index (κ2) is 6.61. The number of hydrogen-bond donors (Lipinski definition) is 3. The van der Waals surface area contributed by atoms with Gasteiger partial charge in [0.05, 0.1) is 0 Å². The van der Waals surface area contributed by atoms with Crippen molar-refractivity contribution in [3.05, 3.63) is 34.9 Å². The van der Waals surface area contributed by atoms with Gasteiger partial charge in [0, 0.05) is 24.2 Å². The zero-order valence-electron chi connectivity index (χ0n) is 10.2. The molecule has 4 nitrogen and oxygen atoms in total. The summed E-state index contributed by atoms with van der Waals surface area (Å²) in [6.07, 6.45) is 2.32. The number of carbonyl (C=O) groups excluding carboxylic acids is 1. The molecule has 0 spiro atoms. The van der Waals surface area contributed by atoms with E-state index in [2.05, 4.69) is 16.0 Å². The lowest BCUT2D eigenvalue weighted by Gasteiger charge is -2.12. The summed E-state index contributed by atoms with van der Waals surface area (Å²) in [5, 5.41) is 9.67. The molecule has 18 heavy (non-hydrogen) atoms. The molecular weight excluding hydrogens is 250 g/mol. The van der Waals surface area contributed by atoms with Gasteiger partial charge in [-0.2, -0.15) is 0 Å². The molecule has 98 valence electrons. The van der Waals surface area contributed by atoms with Gasteiger partial charge in [-0.3, -0.25) is 0 Å². The summed E-state index contributed by atoms with van der Waals surface area (Å²) in [5.41, 5.74) is 0.924. The van der Waals surface area contributed by atoms with E-state index in [1.165, 1.54) is 6.42 Å². The predicted molar refractivity (Wildman–Crippen MR) is 72.7 cm³/mol. The van der Waals surface area contributed by atoms with Crippen molar-refractivity contribution >= 4 is 17.6 Å². The van der Waals surface area contributed by atoms with Gasteiger partial charge in [0.2, 0.25) is 0 Å². The second-order valence-electron chi connectivity index (χ2n) is 4.45. The molecule has 1 aliphatic rings. The largest absolute Gasteiger partial charge is 0.337 e. The molecule has 1 aliphatic heterocycles. The van der Waals surface area contributed by atoms with Crippen LogP contribution in [0.15, 0.2) is 24.3 Å². The Kier molecular flexibility index (Phi) is 4.84. The lowest BCUT2D eigenvalue weighted by Crippen LogP contribution is -2.42. The third kappa shape index (κ3) is 3.89. The minimum atomic E-state index is -0.149. The maximum Gasteiger partial charge on any atom is 0.315 e. The van der Waals surface area contributed by atoms with E-state index < -0.39 is 0 Å². The molecule has 1 unspecified atom stereocenters. The van der Waals surface area contributed by atoms with E-state index >= 15 is 0 Å². The van der Waals surface area contributed by atoms with Crippen LogP contribution >= 0.6 is 11.6 Å². The fraction of sp³-hybridized carbons (Fsp3) is 0.462. The first-order valence-corrected chi connectivity index (χ1v) is 6.62. The average molecular weight is 268 g/mol. The highest BCUT2D eigenvalue weighted by molar-refractivity contribution is 6.31. The van der Waals surface area contributed by atoms with Crippen LogP contribution in [0.2, 0.25) is 5.02 Å². The van der Waals surface area contributed by atoms with Crippen molar-refractivity contribution in [3.8, 4) is 0 Å². The predicted octanol–water partition coefficient (Wildman–Crippen LogP) is 1.89. The summed E-state index contributed by atoms with van der Waals surface area (Å²) in [7, 11) is 0. The van der Waals surface area contributed by atoms with Crippen LogP contribution in [0.25, 0.3) is 0 Å². The molecular formula is C13H18ClN3O. The van der Waals surface area contributed by atoms with E-state index in [4.69, 9.17) is 11.6 Å². The van der Waals surface area contributed by atoms with Crippen LogP contribution < -0.4 is 16.0 Å². The highest BCUT2D eigenvalue weighted by Crippen LogP contribution is 2.14. The zero-order valence-corrected chi connectivity index (χ0v) is 11.0. The maximum absolute atomic E-state index is 11.6. The second-order valence-corrected chi connectivity index (χ2v) is 4.86. The van der Waals surface area contributed by atoms with Gasteiger partial charge in [0.15, 0.2) is 0 Å². The Morgan fingerprint density at radius 1 is 1.39 bits per heavy atom. The number of nitrogens with one attached hydrogen (secondary N) is 3. The Balaban J connectivity index is 1.69. The molecule has 1 aromatic rings. The zero-order chi connectivity index (χ0) is 12.8. The average Bonchev–Trinajstić information content (AvgIpc) is 2.88. The minimum absolute atomic E-state index is 0.149. The Morgan fingerprint density at radius 3 is 2.94 bits per heavy atom.